The van der Waals surface area contributed by atoms with Crippen molar-refractivity contribution in [3.63, 3.8) is 0 Å². The molecule has 4 heteroatoms. The first-order valence-electron chi connectivity index (χ1n) is 5.91. The number of rotatable bonds is 4. The largest absolute Gasteiger partial charge is 0.489 e. The second kappa shape index (κ2) is 6.04. The summed E-state index contributed by atoms with van der Waals surface area (Å²) in [6.07, 6.45) is -0.559. The van der Waals surface area contributed by atoms with Crippen molar-refractivity contribution in [3.8, 4) is 5.75 Å². The van der Waals surface area contributed by atoms with Gasteiger partial charge in [-0.25, -0.2) is 4.39 Å². The van der Waals surface area contributed by atoms with Gasteiger partial charge < -0.3 is 9.84 Å². The van der Waals surface area contributed by atoms with Gasteiger partial charge in [-0.1, -0.05) is 29.8 Å². The van der Waals surface area contributed by atoms with Crippen molar-refractivity contribution < 1.29 is 14.2 Å². The summed E-state index contributed by atoms with van der Waals surface area (Å²) in [5, 5.41) is 9.84. The first-order chi connectivity index (χ1) is 9.06. The van der Waals surface area contributed by atoms with E-state index in [2.05, 4.69) is 0 Å². The first kappa shape index (κ1) is 13.8. The highest BCUT2D eigenvalue weighted by atomic mass is 35.5. The highest BCUT2D eigenvalue weighted by Crippen LogP contribution is 2.21. The molecule has 0 fully saturated rings. The molecule has 0 aliphatic carbocycles. The predicted octanol–water partition coefficient (Wildman–Crippen LogP) is 4.11. The van der Waals surface area contributed by atoms with Crippen LogP contribution in [0.4, 0.5) is 4.39 Å². The zero-order valence-electron chi connectivity index (χ0n) is 10.4. The SMILES string of the molecule is CC(O)c1cccc(OCc2ccc(Cl)cc2F)c1. The van der Waals surface area contributed by atoms with Crippen LogP contribution < -0.4 is 4.74 Å². The van der Waals surface area contributed by atoms with Gasteiger partial charge in [0.05, 0.1) is 6.10 Å². The summed E-state index contributed by atoms with van der Waals surface area (Å²) in [6.45, 7) is 1.80. The lowest BCUT2D eigenvalue weighted by Crippen LogP contribution is -1.99. The Hall–Kier alpha value is -1.58. The molecule has 1 atom stereocenters. The molecule has 2 nitrogen and oxygen atoms in total. The van der Waals surface area contributed by atoms with Crippen LogP contribution in [0.5, 0.6) is 5.75 Å². The van der Waals surface area contributed by atoms with Crippen LogP contribution in [-0.2, 0) is 6.61 Å². The van der Waals surface area contributed by atoms with Gasteiger partial charge in [0.15, 0.2) is 0 Å². The fourth-order valence-corrected chi connectivity index (χ4v) is 1.82. The van der Waals surface area contributed by atoms with Crippen molar-refractivity contribution in [3.05, 3.63) is 64.4 Å². The van der Waals surface area contributed by atoms with Gasteiger partial charge in [0.25, 0.3) is 0 Å². The molecule has 2 aromatic rings. The van der Waals surface area contributed by atoms with Gasteiger partial charge in [-0.15, -0.1) is 0 Å². The number of ether oxygens (including phenoxy) is 1. The number of aliphatic hydroxyl groups is 1. The number of benzene rings is 2. The zero-order chi connectivity index (χ0) is 13.8. The van der Waals surface area contributed by atoms with E-state index in [9.17, 15) is 9.50 Å². The lowest BCUT2D eigenvalue weighted by Gasteiger charge is -2.10. The Bertz CT molecular complexity index is 570. The third-order valence-corrected chi connectivity index (χ3v) is 2.99. The van der Waals surface area contributed by atoms with Crippen molar-refractivity contribution in [1.82, 2.24) is 0 Å². The van der Waals surface area contributed by atoms with Crippen LogP contribution in [0.25, 0.3) is 0 Å². The van der Waals surface area contributed by atoms with E-state index in [1.807, 2.05) is 0 Å². The lowest BCUT2D eigenvalue weighted by molar-refractivity contribution is 0.198. The second-order valence-corrected chi connectivity index (χ2v) is 4.71. The maximum Gasteiger partial charge on any atom is 0.131 e. The van der Waals surface area contributed by atoms with E-state index in [4.69, 9.17) is 16.3 Å². The molecule has 1 N–H and O–H groups in total. The minimum Gasteiger partial charge on any atom is -0.489 e. The number of hydrogen-bond acceptors (Lipinski definition) is 2. The van der Waals surface area contributed by atoms with Crippen LogP contribution in [0.1, 0.15) is 24.2 Å². The van der Waals surface area contributed by atoms with Gasteiger partial charge in [0.2, 0.25) is 0 Å². The highest BCUT2D eigenvalue weighted by molar-refractivity contribution is 6.30. The maximum atomic E-state index is 13.6. The quantitative estimate of drug-likeness (QED) is 0.913. The molecule has 0 bridgehead atoms. The maximum absolute atomic E-state index is 13.6. The van der Waals surface area contributed by atoms with Crippen LogP contribution >= 0.6 is 11.6 Å². The standard InChI is InChI=1S/C15H14ClFO2/c1-10(18)11-3-2-4-14(7-11)19-9-12-5-6-13(16)8-15(12)17/h2-8,10,18H,9H2,1H3. The monoisotopic (exact) mass is 280 g/mol. The van der Waals surface area contributed by atoms with Gasteiger partial charge in [-0.05, 0) is 36.8 Å². The molecule has 1 unspecified atom stereocenters. The van der Waals surface area contributed by atoms with E-state index in [0.29, 0.717) is 16.3 Å². The lowest BCUT2D eigenvalue weighted by atomic mass is 10.1. The van der Waals surface area contributed by atoms with Gasteiger partial charge in [-0.2, -0.15) is 0 Å². The first-order valence-corrected chi connectivity index (χ1v) is 6.29. The van der Waals surface area contributed by atoms with E-state index < -0.39 is 6.10 Å². The summed E-state index contributed by atoms with van der Waals surface area (Å²) >= 11 is 5.68. The van der Waals surface area contributed by atoms with E-state index in [1.54, 1.807) is 43.3 Å². The number of hydrogen-bond donors (Lipinski definition) is 1. The molecule has 0 aliphatic heterocycles. The topological polar surface area (TPSA) is 29.5 Å². The van der Waals surface area contributed by atoms with Crippen LogP contribution in [0, 0.1) is 5.82 Å². The fourth-order valence-electron chi connectivity index (χ4n) is 1.66. The minimum absolute atomic E-state index is 0.117. The Balaban J connectivity index is 2.08. The molecule has 19 heavy (non-hydrogen) atoms. The van der Waals surface area contributed by atoms with Gasteiger partial charge in [0, 0.05) is 10.6 Å². The van der Waals surface area contributed by atoms with Crippen molar-refractivity contribution in [1.29, 1.82) is 0 Å². The van der Waals surface area contributed by atoms with Crippen molar-refractivity contribution in [2.75, 3.05) is 0 Å². The Morgan fingerprint density at radius 2 is 2.05 bits per heavy atom. The van der Waals surface area contributed by atoms with E-state index in [0.717, 1.165) is 5.56 Å². The van der Waals surface area contributed by atoms with E-state index in [-0.39, 0.29) is 12.4 Å². The molecular formula is C15H14ClFO2. The molecule has 0 saturated heterocycles. The highest BCUT2D eigenvalue weighted by Gasteiger charge is 2.05. The van der Waals surface area contributed by atoms with Crippen LogP contribution in [0.2, 0.25) is 5.02 Å². The van der Waals surface area contributed by atoms with E-state index in [1.165, 1.54) is 6.07 Å². The van der Waals surface area contributed by atoms with E-state index >= 15 is 0 Å². The number of halogens is 2. The zero-order valence-corrected chi connectivity index (χ0v) is 11.2. The minimum atomic E-state index is -0.559. The second-order valence-electron chi connectivity index (χ2n) is 4.27. The molecule has 0 aromatic heterocycles. The summed E-state index contributed by atoms with van der Waals surface area (Å²) in [5.74, 6) is 0.201. The fraction of sp³-hybridized carbons (Fsp3) is 0.200. The third-order valence-electron chi connectivity index (χ3n) is 2.75. The molecular weight excluding hydrogens is 267 g/mol. The average Bonchev–Trinajstić information content (AvgIpc) is 2.38. The van der Waals surface area contributed by atoms with Gasteiger partial charge in [0.1, 0.15) is 18.2 Å². The van der Waals surface area contributed by atoms with Crippen LogP contribution in [-0.4, -0.2) is 5.11 Å². The predicted molar refractivity (Wildman–Crippen MR) is 72.8 cm³/mol. The van der Waals surface area contributed by atoms with Crippen LogP contribution in [0.3, 0.4) is 0 Å². The Morgan fingerprint density at radius 3 is 2.74 bits per heavy atom. The molecule has 0 heterocycles. The summed E-state index contributed by atoms with van der Waals surface area (Å²) in [4.78, 5) is 0. The summed E-state index contributed by atoms with van der Waals surface area (Å²) in [6, 6.07) is 11.6. The summed E-state index contributed by atoms with van der Waals surface area (Å²) in [7, 11) is 0. The molecule has 100 valence electrons. The molecule has 2 aromatic carbocycles. The van der Waals surface area contributed by atoms with Crippen molar-refractivity contribution >= 4 is 11.6 Å². The van der Waals surface area contributed by atoms with Crippen molar-refractivity contribution in [2.45, 2.75) is 19.6 Å². The van der Waals surface area contributed by atoms with Crippen molar-refractivity contribution in [2.24, 2.45) is 0 Å². The summed E-state index contributed by atoms with van der Waals surface area (Å²) < 4.78 is 19.1. The Kier molecular flexibility index (Phi) is 4.40. The Morgan fingerprint density at radius 1 is 1.26 bits per heavy atom. The molecule has 0 saturated carbocycles. The molecule has 0 amide bonds. The third kappa shape index (κ3) is 3.69. The summed E-state index contributed by atoms with van der Waals surface area (Å²) in [5.41, 5.74) is 1.20. The normalized spacial score (nSPS) is 12.2. The van der Waals surface area contributed by atoms with Gasteiger partial charge in [-0.3, -0.25) is 0 Å². The number of aliphatic hydroxyl groups excluding tert-OH is 1. The Labute approximate surface area is 116 Å². The molecule has 0 spiro atoms. The molecule has 0 aliphatic rings. The molecule has 0 radical (unpaired) electrons. The van der Waals surface area contributed by atoms with Gasteiger partial charge >= 0.3 is 0 Å². The molecule has 2 rings (SSSR count). The van der Waals surface area contributed by atoms with Crippen LogP contribution in [0.15, 0.2) is 42.5 Å². The average molecular weight is 281 g/mol. The smallest absolute Gasteiger partial charge is 0.131 e.